The molecule has 0 aliphatic carbocycles. The van der Waals surface area contributed by atoms with Crippen LogP contribution in [-0.4, -0.2) is 58.3 Å². The molecule has 0 spiro atoms. The van der Waals surface area contributed by atoms with Crippen LogP contribution in [0.5, 0.6) is 0 Å². The van der Waals surface area contributed by atoms with Gasteiger partial charge in [-0.15, -0.1) is 24.0 Å². The van der Waals surface area contributed by atoms with Gasteiger partial charge in [-0.05, 0) is 38.8 Å². The third kappa shape index (κ3) is 7.12. The highest BCUT2D eigenvalue weighted by Gasteiger charge is 2.28. The summed E-state index contributed by atoms with van der Waals surface area (Å²) in [5.41, 5.74) is 1.51. The summed E-state index contributed by atoms with van der Waals surface area (Å²) in [6.07, 6.45) is 0.731. The van der Waals surface area contributed by atoms with Crippen molar-refractivity contribution in [2.24, 2.45) is 4.99 Å². The molecule has 0 saturated carbocycles. The van der Waals surface area contributed by atoms with E-state index in [9.17, 15) is 13.2 Å². The second-order valence-corrected chi connectivity index (χ2v) is 9.43. The molecule has 1 aromatic carbocycles. The summed E-state index contributed by atoms with van der Waals surface area (Å²) >= 11 is 0. The van der Waals surface area contributed by atoms with Crippen LogP contribution in [-0.2, 0) is 21.2 Å². The predicted octanol–water partition coefficient (Wildman–Crippen LogP) is 1.08. The number of hydrogen-bond donors (Lipinski definition) is 3. The van der Waals surface area contributed by atoms with Crippen molar-refractivity contribution in [3.8, 4) is 0 Å². The Morgan fingerprint density at radius 3 is 2.54 bits per heavy atom. The van der Waals surface area contributed by atoms with Gasteiger partial charge in [0.25, 0.3) is 0 Å². The Kier molecular flexibility index (Phi) is 8.99. The molecule has 0 fully saturated rings. The molecule has 0 radical (unpaired) electrons. The number of nitrogens with one attached hydrogen (secondary N) is 3. The minimum Gasteiger partial charge on any atom is -0.355 e. The first kappa shape index (κ1) is 24.5. The van der Waals surface area contributed by atoms with E-state index >= 15 is 0 Å². The number of halogens is 1. The van der Waals surface area contributed by atoms with Gasteiger partial charge in [0.2, 0.25) is 15.9 Å². The number of aliphatic imine (C=N–C) groups is 1. The Labute approximate surface area is 184 Å². The van der Waals surface area contributed by atoms with E-state index in [0.717, 1.165) is 17.7 Å². The lowest BCUT2D eigenvalue weighted by Crippen LogP contribution is -2.48. The molecule has 10 heteroatoms. The monoisotopic (exact) mass is 523 g/mol. The van der Waals surface area contributed by atoms with E-state index in [2.05, 4.69) is 20.9 Å². The maximum Gasteiger partial charge on any atom is 0.239 e. The van der Waals surface area contributed by atoms with E-state index in [-0.39, 0.29) is 54.3 Å². The van der Waals surface area contributed by atoms with Crippen molar-refractivity contribution in [1.82, 2.24) is 16.0 Å². The lowest BCUT2D eigenvalue weighted by atomic mass is 10.1. The highest BCUT2D eigenvalue weighted by Crippen LogP contribution is 2.29. The molecular formula is C18H30IN5O3S. The fourth-order valence-electron chi connectivity index (χ4n) is 2.85. The Balaban J connectivity index is 0.00000392. The number of hydrogen-bond acceptors (Lipinski definition) is 4. The molecule has 0 bridgehead atoms. The van der Waals surface area contributed by atoms with E-state index in [1.807, 2.05) is 45.0 Å². The molecular weight excluding hydrogens is 493 g/mol. The number of nitrogens with zero attached hydrogens (tertiary/aromatic N) is 2. The molecule has 158 valence electrons. The van der Waals surface area contributed by atoms with Crippen LogP contribution in [0.25, 0.3) is 0 Å². The molecule has 3 N–H and O–H groups in total. The fraction of sp³-hybridized carbons (Fsp3) is 0.556. The minimum absolute atomic E-state index is 0. The summed E-state index contributed by atoms with van der Waals surface area (Å²) < 4.78 is 26.8. The second kappa shape index (κ2) is 10.3. The zero-order valence-electron chi connectivity index (χ0n) is 16.8. The number of para-hydroxylation sites is 1. The van der Waals surface area contributed by atoms with Crippen LogP contribution in [0.1, 0.15) is 26.3 Å². The Hall–Kier alpha value is -1.56. The molecule has 1 amide bonds. The summed E-state index contributed by atoms with van der Waals surface area (Å²) in [7, 11) is -1.85. The Morgan fingerprint density at radius 1 is 1.21 bits per heavy atom. The lowest BCUT2D eigenvalue weighted by molar-refractivity contribution is -0.121. The van der Waals surface area contributed by atoms with E-state index in [0.29, 0.717) is 12.5 Å². The number of carbonyl (C=O) groups is 1. The van der Waals surface area contributed by atoms with Crippen molar-refractivity contribution in [3.63, 3.8) is 0 Å². The van der Waals surface area contributed by atoms with Crippen LogP contribution in [0, 0.1) is 0 Å². The third-order valence-corrected chi connectivity index (χ3v) is 5.76. The molecule has 0 unspecified atom stereocenters. The lowest BCUT2D eigenvalue weighted by Gasteiger charge is -2.21. The van der Waals surface area contributed by atoms with Crippen LogP contribution in [0.2, 0.25) is 0 Å². The summed E-state index contributed by atoms with van der Waals surface area (Å²) in [6, 6.07) is 7.56. The van der Waals surface area contributed by atoms with Crippen LogP contribution in [0.15, 0.2) is 29.3 Å². The van der Waals surface area contributed by atoms with Crippen molar-refractivity contribution in [2.75, 3.05) is 36.7 Å². The van der Waals surface area contributed by atoms with Gasteiger partial charge in [0.15, 0.2) is 5.96 Å². The van der Waals surface area contributed by atoms with Crippen LogP contribution >= 0.6 is 24.0 Å². The first-order valence-electron chi connectivity index (χ1n) is 8.96. The zero-order valence-corrected chi connectivity index (χ0v) is 19.9. The fourth-order valence-corrected chi connectivity index (χ4v) is 4.28. The first-order valence-corrected chi connectivity index (χ1v) is 10.6. The maximum absolute atomic E-state index is 12.6. The number of amides is 1. The summed E-state index contributed by atoms with van der Waals surface area (Å²) in [6.45, 7) is 6.43. The molecule has 1 aromatic rings. The SMILES string of the molecule is CN=C(NCCS(=O)(=O)N1CCc2ccccc21)NCC(=O)NC(C)(C)C.I. The van der Waals surface area contributed by atoms with E-state index in [4.69, 9.17) is 0 Å². The molecule has 1 aliphatic rings. The van der Waals surface area contributed by atoms with E-state index in [1.165, 1.54) is 4.31 Å². The second-order valence-electron chi connectivity index (χ2n) is 7.42. The molecule has 1 heterocycles. The average Bonchev–Trinajstić information content (AvgIpc) is 3.01. The number of guanidine groups is 1. The van der Waals surface area contributed by atoms with Gasteiger partial charge in [0.05, 0.1) is 18.0 Å². The van der Waals surface area contributed by atoms with Crippen LogP contribution in [0.3, 0.4) is 0 Å². The summed E-state index contributed by atoms with van der Waals surface area (Å²) in [4.78, 5) is 15.9. The van der Waals surface area contributed by atoms with Gasteiger partial charge in [0.1, 0.15) is 0 Å². The highest BCUT2D eigenvalue weighted by atomic mass is 127. The molecule has 28 heavy (non-hydrogen) atoms. The van der Waals surface area contributed by atoms with Crippen molar-refractivity contribution in [2.45, 2.75) is 32.7 Å². The molecule has 8 nitrogen and oxygen atoms in total. The minimum atomic E-state index is -3.42. The van der Waals surface area contributed by atoms with Gasteiger partial charge >= 0.3 is 0 Å². The van der Waals surface area contributed by atoms with Gasteiger partial charge in [-0.25, -0.2) is 8.42 Å². The summed E-state index contributed by atoms with van der Waals surface area (Å²) in [5.74, 6) is 0.166. The van der Waals surface area contributed by atoms with Crippen LogP contribution in [0.4, 0.5) is 5.69 Å². The van der Waals surface area contributed by atoms with Crippen molar-refractivity contribution >= 4 is 51.6 Å². The van der Waals surface area contributed by atoms with E-state index < -0.39 is 10.0 Å². The van der Waals surface area contributed by atoms with Crippen molar-refractivity contribution < 1.29 is 13.2 Å². The Bertz CT molecular complexity index is 806. The number of benzene rings is 1. The predicted molar refractivity (Wildman–Crippen MR) is 124 cm³/mol. The number of sulfonamides is 1. The normalized spacial score (nSPS) is 14.1. The summed E-state index contributed by atoms with van der Waals surface area (Å²) in [5, 5.41) is 8.66. The molecule has 0 aromatic heterocycles. The number of carbonyl (C=O) groups excluding carboxylic acids is 1. The van der Waals surface area contributed by atoms with Gasteiger partial charge in [-0.3, -0.25) is 14.1 Å². The van der Waals surface area contributed by atoms with Crippen molar-refractivity contribution in [1.29, 1.82) is 0 Å². The number of anilines is 1. The molecule has 0 atom stereocenters. The quantitative estimate of drug-likeness (QED) is 0.294. The average molecular weight is 523 g/mol. The van der Waals surface area contributed by atoms with Gasteiger partial charge < -0.3 is 16.0 Å². The number of fused-ring (bicyclic) bond motifs is 1. The largest absolute Gasteiger partial charge is 0.355 e. The standard InChI is InChI=1S/C18H29N5O3S.HI/c1-18(2,3)22-16(24)13-21-17(19-4)20-10-12-27(25,26)23-11-9-14-7-5-6-8-15(14)23;/h5-8H,9-13H2,1-4H3,(H,22,24)(H2,19,20,21);1H. The highest BCUT2D eigenvalue weighted by molar-refractivity contribution is 14.0. The van der Waals surface area contributed by atoms with Crippen molar-refractivity contribution in [3.05, 3.63) is 29.8 Å². The van der Waals surface area contributed by atoms with E-state index in [1.54, 1.807) is 7.05 Å². The molecule has 1 aliphatic heterocycles. The van der Waals surface area contributed by atoms with Crippen LogP contribution < -0.4 is 20.3 Å². The first-order chi connectivity index (χ1) is 12.6. The molecule has 0 saturated heterocycles. The van der Waals surface area contributed by atoms with Gasteiger partial charge in [0, 0.05) is 25.7 Å². The smallest absolute Gasteiger partial charge is 0.239 e. The zero-order chi connectivity index (χ0) is 20.1. The van der Waals surface area contributed by atoms with Gasteiger partial charge in [-0.1, -0.05) is 18.2 Å². The number of rotatable bonds is 6. The van der Waals surface area contributed by atoms with Gasteiger partial charge in [-0.2, -0.15) is 0 Å². The third-order valence-electron chi connectivity index (χ3n) is 3.99. The topological polar surface area (TPSA) is 103 Å². The molecule has 2 rings (SSSR count). The maximum atomic E-state index is 12.6. The Morgan fingerprint density at radius 2 is 1.89 bits per heavy atom.